The number of morpholine rings is 1. The summed E-state index contributed by atoms with van der Waals surface area (Å²) in [4.78, 5) is 7.40. The van der Waals surface area contributed by atoms with Crippen molar-refractivity contribution in [3.05, 3.63) is 69.5 Å². The van der Waals surface area contributed by atoms with Crippen LogP contribution in [0.15, 0.2) is 56.8 Å². The molecule has 0 spiro atoms. The van der Waals surface area contributed by atoms with Gasteiger partial charge >= 0.3 is 0 Å². The second-order valence-corrected chi connectivity index (χ2v) is 12.5. The third-order valence-corrected chi connectivity index (χ3v) is 9.99. The van der Waals surface area contributed by atoms with Gasteiger partial charge in [0.15, 0.2) is 0 Å². The van der Waals surface area contributed by atoms with Gasteiger partial charge in [0.1, 0.15) is 0 Å². The summed E-state index contributed by atoms with van der Waals surface area (Å²) in [5, 5.41) is 0. The van der Waals surface area contributed by atoms with Gasteiger partial charge in [-0.3, -0.25) is 4.99 Å². The van der Waals surface area contributed by atoms with Crippen molar-refractivity contribution in [2.75, 3.05) is 44.3 Å². The standard InChI is InChI=1S/C28H33BrN4O3S/c1-20-16-24(6-8-26(20)29)30-19-23-17-21(2)33(22(23)3)28-18-25(7-9-27(28)31-10-4-5-11-31)37(34,35)32-12-14-36-15-13-32/h6-9,16-19H,4-5,10-15H2,1-3H3. The lowest BCUT2D eigenvalue weighted by molar-refractivity contribution is 0.0730. The fraction of sp³-hybridized carbons (Fsp3) is 0.393. The van der Waals surface area contributed by atoms with Gasteiger partial charge in [-0.05, 0) is 81.6 Å². The topological polar surface area (TPSA) is 67.1 Å². The first-order valence-electron chi connectivity index (χ1n) is 12.7. The summed E-state index contributed by atoms with van der Waals surface area (Å²) in [6, 6.07) is 13.7. The van der Waals surface area contributed by atoms with Gasteiger partial charge in [-0.2, -0.15) is 4.31 Å². The van der Waals surface area contributed by atoms with E-state index in [1.807, 2.05) is 43.5 Å². The monoisotopic (exact) mass is 584 g/mol. The first-order chi connectivity index (χ1) is 17.8. The number of anilines is 1. The van der Waals surface area contributed by atoms with Gasteiger partial charge in [0, 0.05) is 53.8 Å². The molecular weight excluding hydrogens is 552 g/mol. The van der Waals surface area contributed by atoms with Gasteiger partial charge in [0.05, 0.1) is 35.2 Å². The van der Waals surface area contributed by atoms with Crippen molar-refractivity contribution in [2.24, 2.45) is 4.99 Å². The summed E-state index contributed by atoms with van der Waals surface area (Å²) >= 11 is 3.54. The van der Waals surface area contributed by atoms with Gasteiger partial charge < -0.3 is 14.2 Å². The quantitative estimate of drug-likeness (QED) is 0.357. The van der Waals surface area contributed by atoms with E-state index in [0.717, 1.165) is 70.0 Å². The summed E-state index contributed by atoms with van der Waals surface area (Å²) < 4.78 is 37.2. The highest BCUT2D eigenvalue weighted by atomic mass is 79.9. The van der Waals surface area contributed by atoms with Crippen LogP contribution in [0.4, 0.5) is 11.4 Å². The number of rotatable bonds is 6. The summed E-state index contributed by atoms with van der Waals surface area (Å²) in [5.74, 6) is 0. The highest BCUT2D eigenvalue weighted by molar-refractivity contribution is 9.10. The van der Waals surface area contributed by atoms with E-state index in [9.17, 15) is 8.42 Å². The Morgan fingerprint density at radius 2 is 1.65 bits per heavy atom. The van der Waals surface area contributed by atoms with E-state index in [1.165, 1.54) is 4.31 Å². The molecule has 2 aromatic carbocycles. The molecule has 0 N–H and O–H groups in total. The Morgan fingerprint density at radius 3 is 2.35 bits per heavy atom. The number of benzene rings is 2. The highest BCUT2D eigenvalue weighted by Gasteiger charge is 2.28. The number of ether oxygens (including phenoxy) is 1. The van der Waals surface area contributed by atoms with Crippen molar-refractivity contribution < 1.29 is 13.2 Å². The molecule has 2 aliphatic heterocycles. The third kappa shape index (κ3) is 5.27. The Hall–Kier alpha value is -2.46. The molecule has 3 heterocycles. The Kier molecular flexibility index (Phi) is 7.58. The fourth-order valence-electron chi connectivity index (χ4n) is 5.15. The van der Waals surface area contributed by atoms with Crippen molar-refractivity contribution in [1.29, 1.82) is 0 Å². The van der Waals surface area contributed by atoms with Crippen molar-refractivity contribution in [3.8, 4) is 5.69 Å². The largest absolute Gasteiger partial charge is 0.379 e. The SMILES string of the molecule is Cc1cc(N=Cc2cc(C)n(-c3cc(S(=O)(=O)N4CCOCC4)ccc3N3CCCC3)c2C)ccc1Br. The molecule has 196 valence electrons. The van der Waals surface area contributed by atoms with Crippen LogP contribution in [0, 0.1) is 20.8 Å². The lowest BCUT2D eigenvalue weighted by Crippen LogP contribution is -2.40. The number of hydrogen-bond acceptors (Lipinski definition) is 5. The molecule has 1 aromatic heterocycles. The number of aliphatic imine (C=N–C) groups is 1. The van der Waals surface area contributed by atoms with Crippen molar-refractivity contribution in [2.45, 2.75) is 38.5 Å². The molecule has 5 rings (SSSR count). The lowest BCUT2D eigenvalue weighted by Gasteiger charge is -2.28. The van der Waals surface area contributed by atoms with Crippen LogP contribution in [0.3, 0.4) is 0 Å². The Labute approximate surface area is 227 Å². The lowest BCUT2D eigenvalue weighted by atomic mass is 10.2. The maximum absolute atomic E-state index is 13.5. The Bertz CT molecular complexity index is 1440. The van der Waals surface area contributed by atoms with Gasteiger partial charge in [-0.1, -0.05) is 15.9 Å². The molecule has 37 heavy (non-hydrogen) atoms. The van der Waals surface area contributed by atoms with Crippen LogP contribution >= 0.6 is 15.9 Å². The minimum atomic E-state index is -3.61. The smallest absolute Gasteiger partial charge is 0.243 e. The van der Waals surface area contributed by atoms with Crippen LogP contribution in [0.25, 0.3) is 5.69 Å². The van der Waals surface area contributed by atoms with E-state index in [-0.39, 0.29) is 0 Å². The normalized spacial score (nSPS) is 17.2. The second kappa shape index (κ2) is 10.7. The van der Waals surface area contributed by atoms with E-state index in [2.05, 4.69) is 45.3 Å². The van der Waals surface area contributed by atoms with E-state index in [1.54, 1.807) is 6.07 Å². The molecule has 0 bridgehead atoms. The van der Waals surface area contributed by atoms with Crippen molar-refractivity contribution in [3.63, 3.8) is 0 Å². The zero-order valence-electron chi connectivity index (χ0n) is 21.6. The number of halogens is 1. The summed E-state index contributed by atoms with van der Waals surface area (Å²) in [6.07, 6.45) is 4.17. The van der Waals surface area contributed by atoms with Crippen LogP contribution in [0.5, 0.6) is 0 Å². The minimum Gasteiger partial charge on any atom is -0.379 e. The van der Waals surface area contributed by atoms with Crippen molar-refractivity contribution >= 4 is 43.5 Å². The van der Waals surface area contributed by atoms with Gasteiger partial charge in [-0.15, -0.1) is 0 Å². The average molecular weight is 586 g/mol. The number of aromatic nitrogens is 1. The van der Waals surface area contributed by atoms with Gasteiger partial charge in [0.2, 0.25) is 10.0 Å². The van der Waals surface area contributed by atoms with Crippen LogP contribution in [-0.4, -0.2) is 62.9 Å². The molecule has 7 nitrogen and oxygen atoms in total. The summed E-state index contributed by atoms with van der Waals surface area (Å²) in [5.41, 5.74) is 7.05. The molecule has 3 aromatic rings. The molecule has 0 aliphatic carbocycles. The molecule has 0 radical (unpaired) electrons. The highest BCUT2D eigenvalue weighted by Crippen LogP contribution is 2.34. The van der Waals surface area contributed by atoms with Gasteiger partial charge in [0.25, 0.3) is 0 Å². The summed E-state index contributed by atoms with van der Waals surface area (Å²) in [7, 11) is -3.61. The molecule has 2 saturated heterocycles. The number of hydrogen-bond donors (Lipinski definition) is 0. The first-order valence-corrected chi connectivity index (χ1v) is 15.0. The number of aryl methyl sites for hydroxylation is 2. The predicted molar refractivity (Wildman–Crippen MR) is 152 cm³/mol. The average Bonchev–Trinajstić information content (AvgIpc) is 3.53. The third-order valence-electron chi connectivity index (χ3n) is 7.21. The molecule has 0 saturated carbocycles. The molecule has 2 aliphatic rings. The van der Waals surface area contributed by atoms with E-state index in [0.29, 0.717) is 31.2 Å². The maximum atomic E-state index is 13.5. The maximum Gasteiger partial charge on any atom is 0.243 e. The molecule has 2 fully saturated rings. The number of sulfonamides is 1. The molecule has 0 unspecified atom stereocenters. The molecular formula is C28H33BrN4O3S. The minimum absolute atomic E-state index is 0.320. The molecule has 9 heteroatoms. The van der Waals surface area contributed by atoms with E-state index < -0.39 is 10.0 Å². The second-order valence-electron chi connectivity index (χ2n) is 9.71. The summed E-state index contributed by atoms with van der Waals surface area (Å²) in [6.45, 7) is 9.73. The van der Waals surface area contributed by atoms with Crippen LogP contribution in [0.2, 0.25) is 0 Å². The molecule has 0 amide bonds. The Balaban J connectivity index is 1.57. The Morgan fingerprint density at radius 1 is 0.919 bits per heavy atom. The van der Waals surface area contributed by atoms with Crippen LogP contribution < -0.4 is 4.90 Å². The first kappa shape index (κ1) is 26.2. The van der Waals surface area contributed by atoms with E-state index >= 15 is 0 Å². The predicted octanol–water partition coefficient (Wildman–Crippen LogP) is 5.54. The fourth-order valence-corrected chi connectivity index (χ4v) is 6.82. The molecule has 0 atom stereocenters. The van der Waals surface area contributed by atoms with Crippen molar-refractivity contribution in [1.82, 2.24) is 8.87 Å². The van der Waals surface area contributed by atoms with Gasteiger partial charge in [-0.25, -0.2) is 8.42 Å². The van der Waals surface area contributed by atoms with E-state index in [4.69, 9.17) is 9.73 Å². The van der Waals surface area contributed by atoms with Crippen LogP contribution in [0.1, 0.15) is 35.4 Å². The van der Waals surface area contributed by atoms with Crippen LogP contribution in [-0.2, 0) is 14.8 Å². The zero-order chi connectivity index (χ0) is 26.2. The number of nitrogens with zero attached hydrogens (tertiary/aromatic N) is 4. The zero-order valence-corrected chi connectivity index (χ0v) is 24.0.